The summed E-state index contributed by atoms with van der Waals surface area (Å²) in [7, 11) is 0. The first-order valence-corrected chi connectivity index (χ1v) is 7.50. The Bertz CT molecular complexity index is 528. The van der Waals surface area contributed by atoms with Crippen molar-refractivity contribution in [3.05, 3.63) is 41.0 Å². The van der Waals surface area contributed by atoms with E-state index in [1.807, 2.05) is 24.3 Å². The molecule has 0 aliphatic heterocycles. The molecule has 2 N–H and O–H groups in total. The fourth-order valence-electron chi connectivity index (χ4n) is 1.64. The van der Waals surface area contributed by atoms with E-state index in [0.717, 1.165) is 16.3 Å². The number of nitrogens with two attached hydrogens (primary N) is 1. The van der Waals surface area contributed by atoms with E-state index in [0.29, 0.717) is 24.0 Å². The van der Waals surface area contributed by atoms with Gasteiger partial charge in [-0.3, -0.25) is 0 Å². The molecule has 1 aromatic heterocycles. The van der Waals surface area contributed by atoms with Crippen molar-refractivity contribution < 1.29 is 4.52 Å². The Labute approximate surface area is 121 Å². The molecule has 1 atom stereocenters. The number of nitrogens with zero attached hydrogens (tertiary/aromatic N) is 2. The minimum Gasteiger partial charge on any atom is -0.339 e. The topological polar surface area (TPSA) is 64.9 Å². The largest absolute Gasteiger partial charge is 0.339 e. The summed E-state index contributed by atoms with van der Waals surface area (Å²) in [6.07, 6.45) is 0.902. The van der Waals surface area contributed by atoms with Gasteiger partial charge in [-0.25, -0.2) is 0 Å². The molecule has 4 nitrogen and oxygen atoms in total. The highest BCUT2D eigenvalue weighted by atomic mass is 35.5. The molecule has 19 heavy (non-hydrogen) atoms. The van der Waals surface area contributed by atoms with E-state index in [1.54, 1.807) is 11.8 Å². The maximum absolute atomic E-state index is 5.93. The zero-order valence-electron chi connectivity index (χ0n) is 10.7. The Morgan fingerprint density at radius 2 is 2.32 bits per heavy atom. The predicted molar refractivity (Wildman–Crippen MR) is 77.4 cm³/mol. The molecule has 0 saturated carbocycles. The zero-order valence-corrected chi connectivity index (χ0v) is 12.2. The zero-order chi connectivity index (χ0) is 13.7. The van der Waals surface area contributed by atoms with Crippen LogP contribution < -0.4 is 5.73 Å². The van der Waals surface area contributed by atoms with Gasteiger partial charge in [-0.15, -0.1) is 11.8 Å². The summed E-state index contributed by atoms with van der Waals surface area (Å²) < 4.78 is 5.24. The van der Waals surface area contributed by atoms with Crippen molar-refractivity contribution in [1.29, 1.82) is 0 Å². The molecular weight excluding hydrogens is 282 g/mol. The average molecular weight is 298 g/mol. The van der Waals surface area contributed by atoms with Crippen molar-refractivity contribution in [3.8, 4) is 0 Å². The highest BCUT2D eigenvalue weighted by Gasteiger charge is 2.15. The molecule has 1 heterocycles. The fraction of sp³-hybridized carbons (Fsp3) is 0.385. The van der Waals surface area contributed by atoms with Crippen LogP contribution in [-0.2, 0) is 5.75 Å². The molecule has 0 saturated heterocycles. The molecule has 2 aromatic rings. The molecule has 0 bridgehead atoms. The minimum absolute atomic E-state index is 0.150. The van der Waals surface area contributed by atoms with E-state index in [9.17, 15) is 0 Å². The van der Waals surface area contributed by atoms with Crippen molar-refractivity contribution in [2.24, 2.45) is 5.73 Å². The van der Waals surface area contributed by atoms with Crippen LogP contribution in [0.15, 0.2) is 33.7 Å². The summed E-state index contributed by atoms with van der Waals surface area (Å²) in [6, 6.07) is 7.70. The monoisotopic (exact) mass is 297 g/mol. The molecule has 0 amide bonds. The van der Waals surface area contributed by atoms with Gasteiger partial charge in [0.1, 0.15) is 0 Å². The van der Waals surface area contributed by atoms with Crippen molar-refractivity contribution in [2.45, 2.75) is 29.9 Å². The van der Waals surface area contributed by atoms with E-state index in [1.165, 1.54) is 0 Å². The van der Waals surface area contributed by atoms with E-state index in [2.05, 4.69) is 17.1 Å². The summed E-state index contributed by atoms with van der Waals surface area (Å²) in [5, 5.41) is 4.70. The van der Waals surface area contributed by atoms with Crippen molar-refractivity contribution in [2.75, 3.05) is 6.54 Å². The lowest BCUT2D eigenvalue weighted by Crippen LogP contribution is -2.11. The van der Waals surface area contributed by atoms with Crippen molar-refractivity contribution >= 4 is 23.4 Å². The van der Waals surface area contributed by atoms with E-state index in [-0.39, 0.29) is 5.92 Å². The van der Waals surface area contributed by atoms with E-state index in [4.69, 9.17) is 21.9 Å². The quantitative estimate of drug-likeness (QED) is 0.827. The first kappa shape index (κ1) is 14.4. The summed E-state index contributed by atoms with van der Waals surface area (Å²) in [5.41, 5.74) is 5.66. The Kier molecular flexibility index (Phi) is 5.24. The first-order valence-electron chi connectivity index (χ1n) is 6.13. The number of benzene rings is 1. The second kappa shape index (κ2) is 6.93. The standard InChI is InChI=1S/C13H16ClN3OS/c1-2-9(7-15)13-16-12(17-18-13)8-19-11-5-3-4-10(14)6-11/h3-6,9H,2,7-8,15H2,1H3. The van der Waals surface area contributed by atoms with Gasteiger partial charge in [0, 0.05) is 16.5 Å². The molecule has 102 valence electrons. The van der Waals surface area contributed by atoms with Gasteiger partial charge >= 0.3 is 0 Å². The Morgan fingerprint density at radius 1 is 1.47 bits per heavy atom. The molecule has 0 radical (unpaired) electrons. The molecule has 0 spiro atoms. The average Bonchev–Trinajstić information content (AvgIpc) is 2.87. The highest BCUT2D eigenvalue weighted by molar-refractivity contribution is 7.98. The van der Waals surface area contributed by atoms with Gasteiger partial charge in [-0.1, -0.05) is 29.7 Å². The number of hydrogen-bond acceptors (Lipinski definition) is 5. The third kappa shape index (κ3) is 3.96. The normalized spacial score (nSPS) is 12.6. The van der Waals surface area contributed by atoms with Crippen LogP contribution in [0.3, 0.4) is 0 Å². The molecular formula is C13H16ClN3OS. The van der Waals surface area contributed by atoms with Gasteiger partial charge in [-0.2, -0.15) is 4.98 Å². The second-order valence-electron chi connectivity index (χ2n) is 4.14. The van der Waals surface area contributed by atoms with Gasteiger partial charge in [0.25, 0.3) is 0 Å². The van der Waals surface area contributed by atoms with Crippen molar-refractivity contribution in [1.82, 2.24) is 10.1 Å². The van der Waals surface area contributed by atoms with Crippen LogP contribution in [0.25, 0.3) is 0 Å². The van der Waals surface area contributed by atoms with Gasteiger partial charge < -0.3 is 10.3 Å². The maximum Gasteiger partial charge on any atom is 0.231 e. The Balaban J connectivity index is 1.97. The number of hydrogen-bond donors (Lipinski definition) is 1. The molecule has 0 aliphatic rings. The van der Waals surface area contributed by atoms with Gasteiger partial charge in [0.05, 0.1) is 11.7 Å². The molecule has 1 unspecified atom stereocenters. The smallest absolute Gasteiger partial charge is 0.231 e. The van der Waals surface area contributed by atoms with Crippen LogP contribution in [-0.4, -0.2) is 16.7 Å². The molecule has 6 heteroatoms. The van der Waals surface area contributed by atoms with Crippen LogP contribution in [0.5, 0.6) is 0 Å². The molecule has 0 aliphatic carbocycles. The Hall–Kier alpha value is -1.04. The lowest BCUT2D eigenvalue weighted by atomic mass is 10.1. The summed E-state index contributed by atoms with van der Waals surface area (Å²) in [6.45, 7) is 2.59. The summed E-state index contributed by atoms with van der Waals surface area (Å²) >= 11 is 7.56. The molecule has 0 fully saturated rings. The van der Waals surface area contributed by atoms with Gasteiger partial charge in [0.2, 0.25) is 5.89 Å². The third-order valence-electron chi connectivity index (χ3n) is 2.77. The maximum atomic E-state index is 5.93. The number of aromatic nitrogens is 2. The molecule has 1 aromatic carbocycles. The van der Waals surface area contributed by atoms with Crippen LogP contribution >= 0.6 is 23.4 Å². The van der Waals surface area contributed by atoms with Gasteiger partial charge in [0.15, 0.2) is 5.82 Å². The lowest BCUT2D eigenvalue weighted by molar-refractivity contribution is 0.348. The first-order chi connectivity index (χ1) is 9.22. The highest BCUT2D eigenvalue weighted by Crippen LogP contribution is 2.25. The second-order valence-corrected chi connectivity index (χ2v) is 5.62. The van der Waals surface area contributed by atoms with Crippen molar-refractivity contribution in [3.63, 3.8) is 0 Å². The minimum atomic E-state index is 0.150. The summed E-state index contributed by atoms with van der Waals surface area (Å²) in [5.74, 6) is 2.13. The number of thioether (sulfide) groups is 1. The van der Waals surface area contributed by atoms with E-state index < -0.39 is 0 Å². The molecule has 2 rings (SSSR count). The van der Waals surface area contributed by atoms with Crippen LogP contribution in [0.2, 0.25) is 5.02 Å². The van der Waals surface area contributed by atoms with Crippen LogP contribution in [0, 0.1) is 0 Å². The SMILES string of the molecule is CCC(CN)c1nc(CSc2cccc(Cl)c2)no1. The lowest BCUT2D eigenvalue weighted by Gasteiger charge is -2.04. The van der Waals surface area contributed by atoms with Crippen LogP contribution in [0.4, 0.5) is 0 Å². The van der Waals surface area contributed by atoms with Crippen LogP contribution in [0.1, 0.15) is 31.0 Å². The van der Waals surface area contributed by atoms with Gasteiger partial charge in [-0.05, 0) is 24.6 Å². The fourth-order valence-corrected chi connectivity index (χ4v) is 2.69. The summed E-state index contributed by atoms with van der Waals surface area (Å²) in [4.78, 5) is 5.47. The number of rotatable bonds is 6. The number of halogens is 1. The van der Waals surface area contributed by atoms with E-state index >= 15 is 0 Å². The Morgan fingerprint density at radius 3 is 3.00 bits per heavy atom. The predicted octanol–water partition coefficient (Wildman–Crippen LogP) is 3.47. The third-order valence-corrected chi connectivity index (χ3v) is 4.00.